The Balaban J connectivity index is -0.000000167. The fourth-order valence-corrected chi connectivity index (χ4v) is 7.21. The fourth-order valence-electron chi connectivity index (χ4n) is 7.21. The maximum Gasteiger partial charge on any atom is 0.348 e. The number of carboxylic acid groups (broad SMARTS) is 8. The molecule has 4 aliphatic rings. The van der Waals surface area contributed by atoms with E-state index in [1.807, 2.05) is 0 Å². The van der Waals surface area contributed by atoms with Crippen molar-refractivity contribution in [3.8, 4) is 0 Å². The van der Waals surface area contributed by atoms with Crippen LogP contribution in [-0.2, 0) is 134 Å². The van der Waals surface area contributed by atoms with Crippen LogP contribution in [0.25, 0.3) is 0 Å². The van der Waals surface area contributed by atoms with E-state index in [4.69, 9.17) is 76.9 Å². The van der Waals surface area contributed by atoms with Crippen molar-refractivity contribution in [3.05, 3.63) is 0 Å². The number of aliphatic hydroxyl groups is 10. The van der Waals surface area contributed by atoms with Crippen LogP contribution >= 0.6 is 0 Å². The molecule has 4 saturated heterocycles. The van der Waals surface area contributed by atoms with Gasteiger partial charge in [-0.15, -0.1) is 0 Å². The van der Waals surface area contributed by atoms with Crippen molar-refractivity contribution in [2.45, 2.75) is 176 Å². The fraction of sp³-hybridized carbons (Fsp3) is 0.593. The molecule has 6 atom stereocenters. The summed E-state index contributed by atoms with van der Waals surface area (Å²) in [4.78, 5) is 237. The molecule has 50 nitrogen and oxygen atoms in total. The highest BCUT2D eigenvalue weighted by Crippen LogP contribution is 2.27. The molecular weight excluding hydrogens is 1450 g/mol. The van der Waals surface area contributed by atoms with Crippen LogP contribution in [0.15, 0.2) is 0 Å². The molecule has 0 saturated carbocycles. The van der Waals surface area contributed by atoms with Gasteiger partial charge in [0.15, 0.2) is 44.8 Å². The van der Waals surface area contributed by atoms with Crippen LogP contribution in [0.5, 0.6) is 0 Å². The molecule has 4 heterocycles. The molecular formula is C54H80O50. The third-order valence-corrected chi connectivity index (χ3v) is 11.3. The molecule has 4 aliphatic heterocycles. The van der Waals surface area contributed by atoms with E-state index < -0.39 is 254 Å². The van der Waals surface area contributed by atoms with E-state index in [1.54, 1.807) is 0 Å². The van der Waals surface area contributed by atoms with Gasteiger partial charge in [-0.3, -0.25) is 77.6 Å². The van der Waals surface area contributed by atoms with Crippen LogP contribution in [0.1, 0.15) is 131 Å². The molecule has 0 spiro atoms. The summed E-state index contributed by atoms with van der Waals surface area (Å²) in [6, 6.07) is 0. The summed E-state index contributed by atoms with van der Waals surface area (Å²) in [5, 5.41) is 171. The van der Waals surface area contributed by atoms with Gasteiger partial charge in [-0.2, -0.15) is 0 Å². The maximum atomic E-state index is 10.8. The summed E-state index contributed by atoms with van der Waals surface area (Å²) < 4.78 is 16.2. The van der Waals surface area contributed by atoms with Crippen molar-refractivity contribution in [2.24, 2.45) is 0 Å². The highest BCUT2D eigenvalue weighted by Gasteiger charge is 2.52. The first-order chi connectivity index (χ1) is 46.1. The van der Waals surface area contributed by atoms with E-state index in [-0.39, 0.29) is 35.4 Å². The zero-order valence-electron chi connectivity index (χ0n) is 55.7. The molecule has 104 heavy (non-hydrogen) atoms. The van der Waals surface area contributed by atoms with Gasteiger partial charge in [0.2, 0.25) is 0 Å². The Morgan fingerprint density at radius 1 is 0.317 bits per heavy atom. The van der Waals surface area contributed by atoms with Crippen LogP contribution in [0.2, 0.25) is 0 Å². The highest BCUT2D eigenvalue weighted by molar-refractivity contribution is 6.03. The molecule has 0 amide bonds. The summed E-state index contributed by atoms with van der Waals surface area (Å²) in [5.74, 6) is -23.2. The first kappa shape index (κ1) is 110. The Labute approximate surface area is 580 Å². The second kappa shape index (κ2) is 49.3. The number of rotatable bonds is 28. The molecule has 50 heteroatoms. The van der Waals surface area contributed by atoms with Crippen LogP contribution in [-0.4, -0.2) is 316 Å². The monoisotopic (exact) mass is 1530 g/mol. The lowest BCUT2D eigenvalue weighted by molar-refractivity contribution is -0.268. The third kappa shape index (κ3) is 43.5. The van der Waals surface area contributed by atoms with Crippen molar-refractivity contribution in [1.29, 1.82) is 0 Å². The molecule has 4 fully saturated rings. The minimum atomic E-state index is -2.74. The van der Waals surface area contributed by atoms with E-state index >= 15 is 0 Å². The van der Waals surface area contributed by atoms with Gasteiger partial charge in [0.25, 0.3) is 0 Å². The Kier molecular flexibility index (Phi) is 52.0. The van der Waals surface area contributed by atoms with Gasteiger partial charge in [0.05, 0.1) is 51.4 Å². The van der Waals surface area contributed by atoms with E-state index in [2.05, 4.69) is 28.7 Å². The number of esters is 8. The molecule has 596 valence electrons. The largest absolute Gasteiger partial charge is 0.481 e. The molecule has 0 radical (unpaired) electrons. The quantitative estimate of drug-likeness (QED) is 0.0114. The number of ether oxygens (including phenoxy) is 4. The van der Waals surface area contributed by atoms with Crippen molar-refractivity contribution >= 4 is 130 Å². The molecule has 0 aromatic heterocycles. The van der Waals surface area contributed by atoms with Crippen LogP contribution in [0, 0.1) is 0 Å². The number of hydrogen-bond acceptors (Lipinski definition) is 40. The second-order valence-corrected chi connectivity index (χ2v) is 21.3. The first-order valence-corrected chi connectivity index (χ1v) is 27.1. The van der Waals surface area contributed by atoms with Gasteiger partial charge in [-0.05, 0) is 41.5 Å². The average Bonchev–Trinajstić information content (AvgIpc) is 1.68. The number of ketones is 6. The maximum absolute atomic E-state index is 10.8. The normalized spacial score (nSPS) is 19.7. The van der Waals surface area contributed by atoms with Crippen LogP contribution in [0.3, 0.4) is 0 Å². The Morgan fingerprint density at radius 2 is 0.471 bits per heavy atom. The predicted octanol–water partition coefficient (Wildman–Crippen LogP) is -9.71. The van der Waals surface area contributed by atoms with Crippen molar-refractivity contribution < 1.29 is 248 Å². The number of aliphatic carboxylic acids is 8. The molecule has 6 unspecified atom stereocenters. The molecule has 4 rings (SSSR count). The minimum absolute atomic E-state index is 0. The summed E-state index contributed by atoms with van der Waals surface area (Å²) in [5.41, 5.74) is -17.8. The minimum Gasteiger partial charge on any atom is -0.481 e. The lowest BCUT2D eigenvalue weighted by Crippen LogP contribution is -2.42. The average molecular weight is 1530 g/mol. The second-order valence-electron chi connectivity index (χ2n) is 21.3. The third-order valence-electron chi connectivity index (χ3n) is 11.3. The summed E-state index contributed by atoms with van der Waals surface area (Å²) in [7, 11) is 2.00. The number of Topliss-reactive ketones (excluding diaryl/α,β-unsaturated/α-hetero) is 6. The van der Waals surface area contributed by atoms with Crippen LogP contribution in [0.4, 0.5) is 0 Å². The standard InChI is InChI=1S/C8H12O5.2C7H10O6.2C7H8O5.C6H8O7.2C5H6O6.2CH4O.2H2O/c1-5(9)3-8(13,7(11)12)4-6(2)10;2*1-4(8)2-7(13,6(11)12)3-5(9)10;2*1-4(8)2-7(11)3-5(9)12-6(7)10;7-3(8)1-6(13,5(11)12)2-4(9)10;2*6-3-1-5(8,2-10-9)4(7)11-3;2*1-2;;/h13H,3-4H2,1-2H3,(H,11,12);2*13H,2-3H2,1H3,(H,9,10)(H,11,12);2*11H,2-3H2,1H3;13H,1-2H2,(H,7,8)(H,9,10)(H,11,12);2*8-9H,1-2H2;2*2H,1H3;2*1H2. The molecule has 0 bridgehead atoms. The molecule has 0 aromatic rings. The van der Waals surface area contributed by atoms with E-state index in [0.29, 0.717) is 0 Å². The zero-order valence-corrected chi connectivity index (χ0v) is 55.7. The summed E-state index contributed by atoms with van der Waals surface area (Å²) in [6.45, 7) is 5.63. The molecule has 0 aliphatic carbocycles. The van der Waals surface area contributed by atoms with E-state index in [9.17, 15) is 131 Å². The lowest BCUT2D eigenvalue weighted by atomic mass is 9.92. The smallest absolute Gasteiger partial charge is 0.348 e. The topological polar surface area (TPSA) is 899 Å². The number of carboxylic acids is 8. The number of aliphatic hydroxyl groups excluding tert-OH is 2. The number of carbonyl (C=O) groups excluding carboxylic acids is 14. The van der Waals surface area contributed by atoms with Gasteiger partial charge in [-0.25, -0.2) is 48.1 Å². The predicted molar refractivity (Wildman–Crippen MR) is 314 cm³/mol. The molecule has 0 aromatic carbocycles. The Morgan fingerprint density at radius 3 is 0.587 bits per heavy atom. The lowest BCUT2D eigenvalue weighted by Gasteiger charge is -2.20. The van der Waals surface area contributed by atoms with Gasteiger partial charge < -0.3 is 122 Å². The number of hydrogen-bond donors (Lipinski definition) is 20. The van der Waals surface area contributed by atoms with Gasteiger partial charge in [0, 0.05) is 52.7 Å². The molecule has 24 N–H and O–H groups in total. The zero-order chi connectivity index (χ0) is 82.3. The SMILES string of the molecule is CC(=O)CC(O)(CC(=O)O)C(=O)O.CC(=O)CC(O)(CC(=O)O)C(=O)O.CC(=O)CC(O)(CC(C)=O)C(=O)O.CC(=O)CC1(O)CC(=O)OC1=O.CC(=O)CC1(O)CC(=O)OC1=O.CO.CO.O.O.O=C(O)CC(O)(CC(=O)O)C(=O)O.O=C1CC(O)(COO)C(=O)O1.O=C1CC(O)(COO)C(=O)O1. The Hall–Kier alpha value is -10.3. The van der Waals surface area contributed by atoms with Crippen molar-refractivity contribution in [2.75, 3.05) is 27.4 Å². The van der Waals surface area contributed by atoms with Crippen LogP contribution < -0.4 is 0 Å². The van der Waals surface area contributed by atoms with Gasteiger partial charge >= 0.3 is 95.5 Å². The number of carbonyl (C=O) groups is 22. The van der Waals surface area contributed by atoms with Gasteiger partial charge in [0.1, 0.15) is 47.9 Å². The summed E-state index contributed by atoms with van der Waals surface area (Å²) >= 11 is 0. The van der Waals surface area contributed by atoms with Crippen molar-refractivity contribution in [1.82, 2.24) is 0 Å². The number of cyclic esters (lactones) is 8. The van der Waals surface area contributed by atoms with Crippen molar-refractivity contribution in [3.63, 3.8) is 0 Å². The Bertz CT molecular complexity index is 2730. The summed E-state index contributed by atoms with van der Waals surface area (Å²) in [6.07, 6.45) is -9.27. The van der Waals surface area contributed by atoms with E-state index in [1.165, 1.54) is 13.8 Å². The van der Waals surface area contributed by atoms with Gasteiger partial charge in [-0.1, -0.05) is 0 Å². The van der Waals surface area contributed by atoms with E-state index in [0.717, 1.165) is 41.9 Å². The first-order valence-electron chi connectivity index (χ1n) is 27.1. The highest BCUT2D eigenvalue weighted by atomic mass is 17.1.